The van der Waals surface area contributed by atoms with E-state index in [0.29, 0.717) is 24.5 Å². The third kappa shape index (κ3) is 6.24. The van der Waals surface area contributed by atoms with Crippen molar-refractivity contribution < 1.29 is 14.6 Å². The first kappa shape index (κ1) is 25.3. The Labute approximate surface area is 216 Å². The zero-order chi connectivity index (χ0) is 25.5. The minimum Gasteiger partial charge on any atom is -0.497 e. The number of halogens is 1. The number of nitrogens with zero attached hydrogens (tertiary/aromatic N) is 3. The number of methoxy groups -OCH3 is 2. The second-order valence-electron chi connectivity index (χ2n) is 8.36. The molecule has 1 aromatic heterocycles. The molecule has 3 N–H and O–H groups in total. The molecule has 3 aromatic carbocycles. The molecular formula is C28H29ClN4O3. The van der Waals surface area contributed by atoms with E-state index in [9.17, 15) is 5.11 Å². The highest BCUT2D eigenvalue weighted by Gasteiger charge is 2.22. The van der Waals surface area contributed by atoms with Gasteiger partial charge in [-0.05, 0) is 41.0 Å². The smallest absolute Gasteiger partial charge is 0.223 e. The van der Waals surface area contributed by atoms with E-state index in [1.807, 2.05) is 78.9 Å². The zero-order valence-corrected chi connectivity index (χ0v) is 21.0. The van der Waals surface area contributed by atoms with Gasteiger partial charge in [-0.15, -0.1) is 0 Å². The van der Waals surface area contributed by atoms with Gasteiger partial charge in [-0.1, -0.05) is 66.2 Å². The fourth-order valence-electron chi connectivity index (χ4n) is 3.99. The number of nitrogen functional groups attached to an aromatic ring is 1. The van der Waals surface area contributed by atoms with Crippen molar-refractivity contribution in [2.24, 2.45) is 0 Å². The van der Waals surface area contributed by atoms with Crippen molar-refractivity contribution in [2.45, 2.75) is 25.6 Å². The molecule has 8 heteroatoms. The van der Waals surface area contributed by atoms with Gasteiger partial charge in [0, 0.05) is 25.1 Å². The summed E-state index contributed by atoms with van der Waals surface area (Å²) in [6, 6.07) is 25.1. The fraction of sp³-hybridized carbons (Fsp3) is 0.214. The maximum Gasteiger partial charge on any atom is 0.223 e. The number of aliphatic hydroxyl groups is 1. The molecule has 0 spiro atoms. The van der Waals surface area contributed by atoms with E-state index < -0.39 is 6.10 Å². The summed E-state index contributed by atoms with van der Waals surface area (Å²) in [5, 5.41) is 11.2. The summed E-state index contributed by atoms with van der Waals surface area (Å²) in [4.78, 5) is 10.9. The molecule has 0 aliphatic rings. The molecule has 4 rings (SSSR count). The number of aliphatic hydroxyl groups excluding tert-OH is 1. The molecule has 1 atom stereocenters. The molecular weight excluding hydrogens is 476 g/mol. The van der Waals surface area contributed by atoms with E-state index in [4.69, 9.17) is 26.8 Å². The molecule has 4 aromatic rings. The Morgan fingerprint density at radius 3 is 1.86 bits per heavy atom. The van der Waals surface area contributed by atoms with Gasteiger partial charge < -0.3 is 25.2 Å². The molecule has 1 unspecified atom stereocenters. The molecule has 0 amide bonds. The number of hydrogen-bond donors (Lipinski definition) is 2. The predicted octanol–water partition coefficient (Wildman–Crippen LogP) is 5.21. The molecule has 1 heterocycles. The van der Waals surface area contributed by atoms with Crippen LogP contribution in [0.4, 0.5) is 11.8 Å². The van der Waals surface area contributed by atoms with E-state index in [2.05, 4.69) is 14.9 Å². The van der Waals surface area contributed by atoms with Crippen LogP contribution >= 0.6 is 11.6 Å². The van der Waals surface area contributed by atoms with Crippen molar-refractivity contribution in [1.29, 1.82) is 0 Å². The van der Waals surface area contributed by atoms with E-state index in [1.165, 1.54) is 0 Å². The first-order valence-electron chi connectivity index (χ1n) is 11.5. The highest BCUT2D eigenvalue weighted by molar-refractivity contribution is 6.30. The summed E-state index contributed by atoms with van der Waals surface area (Å²) < 4.78 is 10.6. The molecule has 0 aliphatic heterocycles. The standard InChI is InChI=1S/C28H29ClN4O3/c1-35-22-12-8-19(9-13-22)17-33(18-20-10-14-23(36-2)15-11-20)27-24(26(29)31-28(30)32-27)16-25(34)21-6-4-3-5-7-21/h3-15,25,34H,16-18H2,1-2H3,(H2,30,31,32). The van der Waals surface area contributed by atoms with Gasteiger partial charge in [0.05, 0.1) is 20.3 Å². The number of aromatic nitrogens is 2. The van der Waals surface area contributed by atoms with Crippen LogP contribution in [0.2, 0.25) is 5.15 Å². The normalized spacial score (nSPS) is 11.7. The lowest BCUT2D eigenvalue weighted by atomic mass is 10.0. The largest absolute Gasteiger partial charge is 0.497 e. The lowest BCUT2D eigenvalue weighted by Gasteiger charge is -2.27. The molecule has 7 nitrogen and oxygen atoms in total. The SMILES string of the molecule is COc1ccc(CN(Cc2ccc(OC)cc2)c2nc(N)nc(Cl)c2CC(O)c2ccccc2)cc1. The fourth-order valence-corrected chi connectivity index (χ4v) is 4.24. The molecule has 0 fully saturated rings. The van der Waals surface area contributed by atoms with E-state index in [1.54, 1.807) is 14.2 Å². The average Bonchev–Trinajstić information content (AvgIpc) is 2.91. The summed E-state index contributed by atoms with van der Waals surface area (Å²) in [6.45, 7) is 1.05. The summed E-state index contributed by atoms with van der Waals surface area (Å²) in [5.74, 6) is 2.21. The first-order valence-corrected chi connectivity index (χ1v) is 11.9. The van der Waals surface area contributed by atoms with E-state index >= 15 is 0 Å². The number of hydrogen-bond acceptors (Lipinski definition) is 7. The van der Waals surface area contributed by atoms with Crippen LogP contribution in [0.15, 0.2) is 78.9 Å². The summed E-state index contributed by atoms with van der Waals surface area (Å²) in [5.41, 5.74) is 9.55. The molecule has 0 saturated heterocycles. The molecule has 0 aliphatic carbocycles. The maximum absolute atomic E-state index is 11.0. The van der Waals surface area contributed by atoms with Gasteiger partial charge in [0.15, 0.2) is 0 Å². The number of nitrogens with two attached hydrogens (primary N) is 1. The number of ether oxygens (including phenoxy) is 2. The van der Waals surface area contributed by atoms with Gasteiger partial charge >= 0.3 is 0 Å². The second kappa shape index (κ2) is 11.7. The van der Waals surface area contributed by atoms with Gasteiger partial charge in [-0.25, -0.2) is 4.98 Å². The summed E-state index contributed by atoms with van der Waals surface area (Å²) in [7, 11) is 3.28. The number of rotatable bonds is 10. The summed E-state index contributed by atoms with van der Waals surface area (Å²) in [6.07, 6.45) is -0.543. The Hall–Kier alpha value is -3.81. The van der Waals surface area contributed by atoms with Crippen molar-refractivity contribution in [3.05, 3.63) is 106 Å². The van der Waals surface area contributed by atoms with Crippen LogP contribution in [0.3, 0.4) is 0 Å². The van der Waals surface area contributed by atoms with Crippen LogP contribution in [0.25, 0.3) is 0 Å². The van der Waals surface area contributed by atoms with Crippen LogP contribution in [0.5, 0.6) is 11.5 Å². The van der Waals surface area contributed by atoms with Gasteiger partial charge in [0.1, 0.15) is 22.5 Å². The Morgan fingerprint density at radius 1 is 0.833 bits per heavy atom. The average molecular weight is 505 g/mol. The van der Waals surface area contributed by atoms with Crippen molar-refractivity contribution in [2.75, 3.05) is 24.9 Å². The number of benzene rings is 3. The number of anilines is 2. The third-order valence-electron chi connectivity index (χ3n) is 5.90. The highest BCUT2D eigenvalue weighted by Crippen LogP contribution is 2.32. The second-order valence-corrected chi connectivity index (χ2v) is 8.72. The quantitative estimate of drug-likeness (QED) is 0.286. The third-order valence-corrected chi connectivity index (χ3v) is 6.21. The van der Waals surface area contributed by atoms with Crippen molar-refractivity contribution in [3.8, 4) is 11.5 Å². The Balaban J connectivity index is 1.72. The monoisotopic (exact) mass is 504 g/mol. The van der Waals surface area contributed by atoms with Crippen molar-refractivity contribution >= 4 is 23.4 Å². The van der Waals surface area contributed by atoms with Crippen LogP contribution in [0, 0.1) is 0 Å². The minimum atomic E-state index is -0.779. The lowest BCUT2D eigenvalue weighted by molar-refractivity contribution is 0.178. The maximum atomic E-state index is 11.0. The molecule has 0 saturated carbocycles. The van der Waals surface area contributed by atoms with Crippen LogP contribution in [-0.2, 0) is 19.5 Å². The first-order chi connectivity index (χ1) is 17.5. The minimum absolute atomic E-state index is 0.0717. The Morgan fingerprint density at radius 2 is 1.36 bits per heavy atom. The Bertz CT molecular complexity index is 1220. The molecule has 0 bridgehead atoms. The predicted molar refractivity (Wildman–Crippen MR) is 142 cm³/mol. The van der Waals surface area contributed by atoms with Gasteiger partial charge in [-0.2, -0.15) is 4.98 Å². The van der Waals surface area contributed by atoms with Crippen LogP contribution < -0.4 is 20.1 Å². The molecule has 36 heavy (non-hydrogen) atoms. The van der Waals surface area contributed by atoms with Gasteiger partial charge in [0.25, 0.3) is 0 Å². The molecule has 186 valence electrons. The van der Waals surface area contributed by atoms with Gasteiger partial charge in [-0.3, -0.25) is 0 Å². The van der Waals surface area contributed by atoms with Crippen molar-refractivity contribution in [1.82, 2.24) is 9.97 Å². The van der Waals surface area contributed by atoms with Crippen LogP contribution in [0.1, 0.15) is 28.4 Å². The van der Waals surface area contributed by atoms with E-state index in [-0.39, 0.29) is 17.5 Å². The van der Waals surface area contributed by atoms with Gasteiger partial charge in [0.2, 0.25) is 5.95 Å². The van der Waals surface area contributed by atoms with E-state index in [0.717, 1.165) is 28.2 Å². The summed E-state index contributed by atoms with van der Waals surface area (Å²) >= 11 is 6.59. The molecule has 0 radical (unpaired) electrons. The Kier molecular flexibility index (Phi) is 8.25. The zero-order valence-electron chi connectivity index (χ0n) is 20.3. The topological polar surface area (TPSA) is 93.7 Å². The van der Waals surface area contributed by atoms with Crippen LogP contribution in [-0.4, -0.2) is 29.3 Å². The highest BCUT2D eigenvalue weighted by atomic mass is 35.5. The lowest BCUT2D eigenvalue weighted by Crippen LogP contribution is -2.26. The van der Waals surface area contributed by atoms with Crippen molar-refractivity contribution in [3.63, 3.8) is 0 Å².